The van der Waals surface area contributed by atoms with Crippen LogP contribution in [0.15, 0.2) is 18.2 Å². The summed E-state index contributed by atoms with van der Waals surface area (Å²) < 4.78 is 0.669. The van der Waals surface area contributed by atoms with Crippen LogP contribution in [0.4, 0.5) is 0 Å². The molecule has 0 aliphatic heterocycles. The smallest absolute Gasteiger partial charge is 0.253 e. The van der Waals surface area contributed by atoms with E-state index in [1.54, 1.807) is 12.1 Å². The van der Waals surface area contributed by atoms with Gasteiger partial charge in [0.1, 0.15) is 0 Å². The molecule has 0 saturated carbocycles. The lowest BCUT2D eigenvalue weighted by molar-refractivity contribution is 0.0520. The van der Waals surface area contributed by atoms with Gasteiger partial charge in [-0.15, -0.1) is 0 Å². The number of nitrogens with one attached hydrogen (secondary N) is 1. The van der Waals surface area contributed by atoms with Gasteiger partial charge in [-0.2, -0.15) is 0 Å². The SMILES string of the molecule is CN(CC(O)CO)C(=O)c1cc(I)cc(C(=O)NCC(O)CO)c1. The molecule has 8 nitrogen and oxygen atoms in total. The maximum absolute atomic E-state index is 12.4. The van der Waals surface area contributed by atoms with Crippen LogP contribution in [0.5, 0.6) is 0 Å². The predicted molar refractivity (Wildman–Crippen MR) is 94.6 cm³/mol. The molecule has 5 N–H and O–H groups in total. The molecule has 9 heteroatoms. The highest BCUT2D eigenvalue weighted by Crippen LogP contribution is 2.14. The van der Waals surface area contributed by atoms with E-state index in [2.05, 4.69) is 5.32 Å². The molecule has 0 radical (unpaired) electrons. The van der Waals surface area contributed by atoms with Crippen molar-refractivity contribution in [3.05, 3.63) is 32.9 Å². The Labute approximate surface area is 153 Å². The second-order valence-corrected chi connectivity index (χ2v) is 6.54. The third-order valence-electron chi connectivity index (χ3n) is 3.16. The number of aliphatic hydroxyl groups excluding tert-OH is 4. The molecule has 2 unspecified atom stereocenters. The Kier molecular flexibility index (Phi) is 8.56. The molecule has 0 saturated heterocycles. The molecule has 0 aromatic heterocycles. The third-order valence-corrected chi connectivity index (χ3v) is 3.78. The van der Waals surface area contributed by atoms with E-state index in [0.717, 1.165) is 0 Å². The first kappa shape index (κ1) is 20.8. The van der Waals surface area contributed by atoms with Crippen molar-refractivity contribution < 1.29 is 30.0 Å². The summed E-state index contributed by atoms with van der Waals surface area (Å²) in [5, 5.41) is 38.7. The fourth-order valence-electron chi connectivity index (χ4n) is 1.90. The molecular weight excluding hydrogens is 431 g/mol. The number of benzene rings is 1. The normalized spacial score (nSPS) is 13.2. The Hall–Kier alpha value is -1.27. The predicted octanol–water partition coefficient (Wildman–Crippen LogP) is -1.20. The molecule has 0 heterocycles. The van der Waals surface area contributed by atoms with Crippen LogP contribution in [-0.2, 0) is 0 Å². The average Bonchev–Trinajstić information content (AvgIpc) is 2.57. The first-order valence-corrected chi connectivity index (χ1v) is 8.28. The van der Waals surface area contributed by atoms with Crippen LogP contribution in [0, 0.1) is 3.57 Å². The molecule has 0 aliphatic carbocycles. The zero-order valence-corrected chi connectivity index (χ0v) is 15.3. The molecule has 2 atom stereocenters. The summed E-state index contributed by atoms with van der Waals surface area (Å²) in [6, 6.07) is 4.59. The number of halogens is 1. The molecule has 2 amide bonds. The number of hydrogen-bond donors (Lipinski definition) is 5. The molecule has 0 bridgehead atoms. The number of nitrogens with zero attached hydrogens (tertiary/aromatic N) is 1. The fraction of sp³-hybridized carbons (Fsp3) is 0.467. The van der Waals surface area contributed by atoms with Crippen molar-refractivity contribution in [3.63, 3.8) is 0 Å². The van der Waals surface area contributed by atoms with E-state index in [4.69, 9.17) is 10.2 Å². The molecule has 1 aromatic rings. The van der Waals surface area contributed by atoms with Gasteiger partial charge < -0.3 is 30.6 Å². The Morgan fingerprint density at radius 2 is 1.71 bits per heavy atom. The van der Waals surface area contributed by atoms with Crippen molar-refractivity contribution in [2.24, 2.45) is 0 Å². The van der Waals surface area contributed by atoms with Crippen molar-refractivity contribution in [2.75, 3.05) is 33.4 Å². The topological polar surface area (TPSA) is 130 Å². The van der Waals surface area contributed by atoms with Crippen LogP contribution in [0.3, 0.4) is 0 Å². The minimum absolute atomic E-state index is 0.0367. The summed E-state index contributed by atoms with van der Waals surface area (Å²) in [4.78, 5) is 25.7. The highest BCUT2D eigenvalue weighted by molar-refractivity contribution is 14.1. The average molecular weight is 452 g/mol. The van der Waals surface area contributed by atoms with Crippen LogP contribution in [0.2, 0.25) is 0 Å². The number of amides is 2. The summed E-state index contributed by atoms with van der Waals surface area (Å²) in [5.41, 5.74) is 0.508. The minimum Gasteiger partial charge on any atom is -0.394 e. The van der Waals surface area contributed by atoms with Crippen molar-refractivity contribution in [1.29, 1.82) is 0 Å². The Balaban J connectivity index is 2.88. The molecule has 134 valence electrons. The van der Waals surface area contributed by atoms with Gasteiger partial charge >= 0.3 is 0 Å². The quantitative estimate of drug-likeness (QED) is 0.315. The van der Waals surface area contributed by atoms with Gasteiger partial charge in [-0.1, -0.05) is 0 Å². The lowest BCUT2D eigenvalue weighted by Gasteiger charge is -2.20. The maximum atomic E-state index is 12.4. The summed E-state index contributed by atoms with van der Waals surface area (Å²) in [6.45, 7) is -1.06. The Morgan fingerprint density at radius 1 is 1.12 bits per heavy atom. The number of likely N-dealkylation sites (N-methyl/N-ethyl adjacent to an activating group) is 1. The molecular formula is C15H21IN2O6. The monoisotopic (exact) mass is 452 g/mol. The summed E-state index contributed by atoms with van der Waals surface area (Å²) >= 11 is 1.97. The number of carbonyl (C=O) groups is 2. The summed E-state index contributed by atoms with van der Waals surface area (Å²) in [5.74, 6) is -0.876. The van der Waals surface area contributed by atoms with Crippen molar-refractivity contribution in [2.45, 2.75) is 12.2 Å². The molecule has 0 spiro atoms. The van der Waals surface area contributed by atoms with E-state index in [1.807, 2.05) is 22.6 Å². The third kappa shape index (κ3) is 6.32. The first-order valence-electron chi connectivity index (χ1n) is 7.20. The van der Waals surface area contributed by atoms with Gasteiger partial charge in [0.05, 0.1) is 25.4 Å². The molecule has 0 aliphatic rings. The van der Waals surface area contributed by atoms with Gasteiger partial charge in [-0.05, 0) is 40.8 Å². The van der Waals surface area contributed by atoms with Crippen LogP contribution < -0.4 is 5.32 Å². The molecule has 1 aromatic carbocycles. The van der Waals surface area contributed by atoms with Crippen molar-refractivity contribution >= 4 is 34.4 Å². The molecule has 0 fully saturated rings. The zero-order valence-electron chi connectivity index (χ0n) is 13.1. The van der Waals surface area contributed by atoms with Gasteiger partial charge in [0, 0.05) is 34.8 Å². The summed E-state index contributed by atoms with van der Waals surface area (Å²) in [6.07, 6.45) is -2.09. The van der Waals surface area contributed by atoms with Gasteiger partial charge in [-0.25, -0.2) is 0 Å². The van der Waals surface area contributed by atoms with E-state index in [9.17, 15) is 19.8 Å². The van der Waals surface area contributed by atoms with Gasteiger partial charge in [-0.3, -0.25) is 9.59 Å². The van der Waals surface area contributed by atoms with Crippen molar-refractivity contribution in [1.82, 2.24) is 10.2 Å². The first-order chi connectivity index (χ1) is 11.3. The van der Waals surface area contributed by atoms with E-state index in [-0.39, 0.29) is 24.2 Å². The van der Waals surface area contributed by atoms with Crippen LogP contribution in [0.1, 0.15) is 20.7 Å². The minimum atomic E-state index is -1.05. The van der Waals surface area contributed by atoms with Crippen LogP contribution >= 0.6 is 22.6 Å². The fourth-order valence-corrected chi connectivity index (χ4v) is 2.57. The summed E-state index contributed by atoms with van der Waals surface area (Å²) in [7, 11) is 1.48. The lowest BCUT2D eigenvalue weighted by atomic mass is 10.1. The van der Waals surface area contributed by atoms with E-state index < -0.39 is 37.2 Å². The number of hydrogen-bond acceptors (Lipinski definition) is 6. The van der Waals surface area contributed by atoms with Crippen LogP contribution in [-0.4, -0.2) is 82.7 Å². The van der Waals surface area contributed by atoms with Gasteiger partial charge in [0.25, 0.3) is 11.8 Å². The lowest BCUT2D eigenvalue weighted by Crippen LogP contribution is -2.36. The Morgan fingerprint density at radius 3 is 2.29 bits per heavy atom. The van der Waals surface area contributed by atoms with Crippen molar-refractivity contribution in [3.8, 4) is 0 Å². The molecule has 1 rings (SSSR count). The van der Waals surface area contributed by atoms with Gasteiger partial charge in [0.15, 0.2) is 0 Å². The second-order valence-electron chi connectivity index (χ2n) is 5.30. The molecule has 24 heavy (non-hydrogen) atoms. The largest absolute Gasteiger partial charge is 0.394 e. The van der Waals surface area contributed by atoms with Crippen LogP contribution in [0.25, 0.3) is 0 Å². The van der Waals surface area contributed by atoms with E-state index in [0.29, 0.717) is 3.57 Å². The Bertz CT molecular complexity index is 583. The van der Waals surface area contributed by atoms with E-state index in [1.165, 1.54) is 18.0 Å². The standard InChI is InChI=1S/C15H21IN2O6/c1-18(6-13(22)8-20)15(24)10-2-9(3-11(16)4-10)14(23)17-5-12(21)7-19/h2-4,12-13,19-22H,5-8H2,1H3,(H,17,23). The number of aliphatic hydroxyl groups is 4. The zero-order chi connectivity index (χ0) is 18.3. The highest BCUT2D eigenvalue weighted by Gasteiger charge is 2.18. The second kappa shape index (κ2) is 9.89. The van der Waals surface area contributed by atoms with Gasteiger partial charge in [0.2, 0.25) is 0 Å². The van der Waals surface area contributed by atoms with E-state index >= 15 is 0 Å². The maximum Gasteiger partial charge on any atom is 0.253 e. The highest BCUT2D eigenvalue weighted by atomic mass is 127. The number of carbonyl (C=O) groups excluding carboxylic acids is 2. The number of rotatable bonds is 8.